The zero-order valence-electron chi connectivity index (χ0n) is 8.92. The molecule has 13 heavy (non-hydrogen) atoms. The van der Waals surface area contributed by atoms with Crippen LogP contribution < -0.4 is 5.32 Å². The van der Waals surface area contributed by atoms with Gasteiger partial charge in [0, 0.05) is 18.7 Å². The Morgan fingerprint density at radius 2 is 2.23 bits per heavy atom. The first-order chi connectivity index (χ1) is 6.22. The van der Waals surface area contributed by atoms with Gasteiger partial charge in [-0.25, -0.2) is 0 Å². The largest absolute Gasteiger partial charge is 0.396 e. The molecule has 0 radical (unpaired) electrons. The van der Waals surface area contributed by atoms with E-state index in [-0.39, 0.29) is 0 Å². The molecular formula is C11H23NO. The monoisotopic (exact) mass is 185 g/mol. The minimum atomic E-state index is 0.326. The Morgan fingerprint density at radius 3 is 2.77 bits per heavy atom. The summed E-state index contributed by atoms with van der Waals surface area (Å²) in [4.78, 5) is 0. The molecule has 2 N–H and O–H groups in total. The Labute approximate surface area is 81.7 Å². The number of rotatable bonds is 5. The van der Waals surface area contributed by atoms with Crippen LogP contribution in [0.4, 0.5) is 0 Å². The van der Waals surface area contributed by atoms with E-state index in [1.54, 1.807) is 0 Å². The summed E-state index contributed by atoms with van der Waals surface area (Å²) in [5.41, 5.74) is 0. The molecule has 2 nitrogen and oxygen atoms in total. The zero-order valence-corrected chi connectivity index (χ0v) is 8.92. The number of hydrogen-bond donors (Lipinski definition) is 2. The summed E-state index contributed by atoms with van der Waals surface area (Å²) in [6, 6.07) is 1.31. The predicted molar refractivity (Wildman–Crippen MR) is 55.7 cm³/mol. The van der Waals surface area contributed by atoms with Gasteiger partial charge in [0.15, 0.2) is 0 Å². The summed E-state index contributed by atoms with van der Waals surface area (Å²) < 4.78 is 0. The first-order valence-electron chi connectivity index (χ1n) is 5.59. The third-order valence-electron chi connectivity index (χ3n) is 3.01. The van der Waals surface area contributed by atoms with Gasteiger partial charge >= 0.3 is 0 Å². The number of aliphatic hydroxyl groups excluding tert-OH is 1. The lowest BCUT2D eigenvalue weighted by Gasteiger charge is -2.18. The molecule has 2 heteroatoms. The summed E-state index contributed by atoms with van der Waals surface area (Å²) in [7, 11) is 0. The van der Waals surface area contributed by atoms with E-state index < -0.39 is 0 Å². The van der Waals surface area contributed by atoms with E-state index in [0.29, 0.717) is 12.6 Å². The summed E-state index contributed by atoms with van der Waals surface area (Å²) in [6.45, 7) is 4.88. The maximum Gasteiger partial charge on any atom is 0.0431 e. The maximum atomic E-state index is 8.69. The third kappa shape index (κ3) is 4.10. The van der Waals surface area contributed by atoms with Crippen molar-refractivity contribution >= 4 is 0 Å². The highest BCUT2D eigenvalue weighted by Gasteiger charge is 2.21. The lowest BCUT2D eigenvalue weighted by atomic mass is 10.1. The Morgan fingerprint density at radius 1 is 1.46 bits per heavy atom. The highest BCUT2D eigenvalue weighted by molar-refractivity contribution is 4.80. The maximum absolute atomic E-state index is 8.69. The Balaban J connectivity index is 2.09. The summed E-state index contributed by atoms with van der Waals surface area (Å²) in [5.74, 6) is 0.905. The summed E-state index contributed by atoms with van der Waals surface area (Å²) in [5, 5.41) is 12.3. The molecule has 1 rings (SSSR count). The van der Waals surface area contributed by atoms with Crippen molar-refractivity contribution in [2.75, 3.05) is 6.61 Å². The van der Waals surface area contributed by atoms with Gasteiger partial charge in [-0.05, 0) is 44.9 Å². The highest BCUT2D eigenvalue weighted by atomic mass is 16.2. The van der Waals surface area contributed by atoms with E-state index in [0.717, 1.165) is 24.8 Å². The van der Waals surface area contributed by atoms with Gasteiger partial charge < -0.3 is 10.4 Å². The zero-order chi connectivity index (χ0) is 9.68. The lowest BCUT2D eigenvalue weighted by molar-refractivity contribution is 0.273. The molecule has 1 aliphatic rings. The average molecular weight is 185 g/mol. The number of aliphatic hydroxyl groups is 1. The molecule has 0 bridgehead atoms. The molecule has 0 amide bonds. The van der Waals surface area contributed by atoms with Gasteiger partial charge in [-0.15, -0.1) is 0 Å². The fourth-order valence-corrected chi connectivity index (χ4v) is 2.24. The van der Waals surface area contributed by atoms with E-state index >= 15 is 0 Å². The van der Waals surface area contributed by atoms with Crippen LogP contribution in [0.1, 0.15) is 46.0 Å². The summed E-state index contributed by atoms with van der Waals surface area (Å²) in [6.07, 6.45) is 6.08. The molecular weight excluding hydrogens is 162 g/mol. The number of nitrogens with one attached hydrogen (secondary N) is 1. The predicted octanol–water partition coefficient (Wildman–Crippen LogP) is 1.93. The van der Waals surface area contributed by atoms with Crippen LogP contribution in [0.3, 0.4) is 0 Å². The van der Waals surface area contributed by atoms with Crippen molar-refractivity contribution < 1.29 is 5.11 Å². The van der Waals surface area contributed by atoms with Crippen LogP contribution in [0.2, 0.25) is 0 Å². The normalized spacial score (nSPS) is 30.7. The second kappa shape index (κ2) is 5.61. The molecule has 1 aliphatic carbocycles. The molecule has 0 spiro atoms. The van der Waals surface area contributed by atoms with Crippen molar-refractivity contribution in [3.8, 4) is 0 Å². The van der Waals surface area contributed by atoms with Crippen LogP contribution >= 0.6 is 0 Å². The van der Waals surface area contributed by atoms with Gasteiger partial charge in [-0.2, -0.15) is 0 Å². The Hall–Kier alpha value is -0.0800. The smallest absolute Gasteiger partial charge is 0.0431 e. The first kappa shape index (κ1) is 11.0. The molecule has 0 aromatic carbocycles. The third-order valence-corrected chi connectivity index (χ3v) is 3.01. The van der Waals surface area contributed by atoms with Gasteiger partial charge in [-0.1, -0.05) is 6.92 Å². The fraction of sp³-hybridized carbons (Fsp3) is 1.00. The highest BCUT2D eigenvalue weighted by Crippen LogP contribution is 2.25. The van der Waals surface area contributed by atoms with E-state index in [4.69, 9.17) is 5.11 Å². The minimum Gasteiger partial charge on any atom is -0.396 e. The molecule has 0 aromatic rings. The molecule has 0 heterocycles. The molecule has 78 valence electrons. The molecule has 0 unspecified atom stereocenters. The van der Waals surface area contributed by atoms with Crippen LogP contribution in [0.15, 0.2) is 0 Å². The SMILES string of the molecule is C[C@@H]1CC[C@@H](N[C@@H](C)CCCO)C1. The van der Waals surface area contributed by atoms with Crippen molar-refractivity contribution in [3.63, 3.8) is 0 Å². The summed E-state index contributed by atoms with van der Waals surface area (Å²) >= 11 is 0. The second-order valence-electron chi connectivity index (χ2n) is 4.55. The van der Waals surface area contributed by atoms with Crippen molar-refractivity contribution in [2.24, 2.45) is 5.92 Å². The van der Waals surface area contributed by atoms with Crippen LogP contribution in [-0.2, 0) is 0 Å². The van der Waals surface area contributed by atoms with Gasteiger partial charge in [0.25, 0.3) is 0 Å². The van der Waals surface area contributed by atoms with E-state index in [1.165, 1.54) is 19.3 Å². The van der Waals surface area contributed by atoms with Crippen LogP contribution in [-0.4, -0.2) is 23.8 Å². The molecule has 3 atom stereocenters. The van der Waals surface area contributed by atoms with Crippen molar-refractivity contribution in [1.82, 2.24) is 5.32 Å². The van der Waals surface area contributed by atoms with E-state index in [9.17, 15) is 0 Å². The van der Waals surface area contributed by atoms with Crippen molar-refractivity contribution in [1.29, 1.82) is 0 Å². The Kier molecular flexibility index (Phi) is 4.74. The topological polar surface area (TPSA) is 32.3 Å². The standard InChI is InChI=1S/C11H23NO/c1-9-5-6-11(8-9)12-10(2)4-3-7-13/h9-13H,3-8H2,1-2H3/t9-,10+,11-/m1/s1. The van der Waals surface area contributed by atoms with Gasteiger partial charge in [-0.3, -0.25) is 0 Å². The lowest BCUT2D eigenvalue weighted by Crippen LogP contribution is -2.34. The van der Waals surface area contributed by atoms with Crippen molar-refractivity contribution in [3.05, 3.63) is 0 Å². The minimum absolute atomic E-state index is 0.326. The van der Waals surface area contributed by atoms with Gasteiger partial charge in [0.2, 0.25) is 0 Å². The quantitative estimate of drug-likeness (QED) is 0.686. The van der Waals surface area contributed by atoms with Gasteiger partial charge in [0.1, 0.15) is 0 Å². The van der Waals surface area contributed by atoms with Crippen molar-refractivity contribution in [2.45, 2.75) is 58.0 Å². The molecule has 0 saturated heterocycles. The average Bonchev–Trinajstić information content (AvgIpc) is 2.48. The molecule has 0 aromatic heterocycles. The number of hydrogen-bond acceptors (Lipinski definition) is 2. The van der Waals surface area contributed by atoms with Crippen LogP contribution in [0.25, 0.3) is 0 Å². The molecule has 1 saturated carbocycles. The second-order valence-corrected chi connectivity index (χ2v) is 4.55. The fourth-order valence-electron chi connectivity index (χ4n) is 2.24. The first-order valence-corrected chi connectivity index (χ1v) is 5.59. The molecule has 0 aliphatic heterocycles. The van der Waals surface area contributed by atoms with Gasteiger partial charge in [0.05, 0.1) is 0 Å². The van der Waals surface area contributed by atoms with Crippen LogP contribution in [0, 0.1) is 5.92 Å². The van der Waals surface area contributed by atoms with E-state index in [2.05, 4.69) is 19.2 Å². The molecule has 1 fully saturated rings. The Bertz CT molecular complexity index is 138. The van der Waals surface area contributed by atoms with Crippen LogP contribution in [0.5, 0.6) is 0 Å². The van der Waals surface area contributed by atoms with E-state index in [1.807, 2.05) is 0 Å².